The van der Waals surface area contributed by atoms with Crippen LogP contribution < -0.4 is 5.56 Å². The lowest BCUT2D eigenvalue weighted by molar-refractivity contribution is 0.0588. The standard InChI is InChI=1S/C13H18N2O2/c1-9-5-6-15(10(2)7-9)13(17)11-3-4-12(16)14-8-11/h3-4,8-10H,5-7H2,1-2H3,(H,14,16). The summed E-state index contributed by atoms with van der Waals surface area (Å²) < 4.78 is 0. The van der Waals surface area contributed by atoms with Crippen molar-refractivity contribution in [3.8, 4) is 0 Å². The van der Waals surface area contributed by atoms with Crippen LogP contribution in [0.15, 0.2) is 23.1 Å². The minimum atomic E-state index is -0.179. The molecule has 0 bridgehead atoms. The maximum Gasteiger partial charge on any atom is 0.255 e. The number of carbonyl (C=O) groups excluding carboxylic acids is 1. The molecule has 1 fully saturated rings. The fraction of sp³-hybridized carbons (Fsp3) is 0.538. The maximum atomic E-state index is 12.2. The molecule has 0 saturated carbocycles. The van der Waals surface area contributed by atoms with E-state index in [0.717, 1.165) is 19.4 Å². The molecule has 2 rings (SSSR count). The highest BCUT2D eigenvalue weighted by atomic mass is 16.2. The number of H-pyrrole nitrogens is 1. The zero-order valence-electron chi connectivity index (χ0n) is 10.3. The number of aromatic amines is 1. The van der Waals surface area contributed by atoms with E-state index in [9.17, 15) is 9.59 Å². The Morgan fingerprint density at radius 2 is 2.18 bits per heavy atom. The average Bonchev–Trinajstić information content (AvgIpc) is 2.29. The van der Waals surface area contributed by atoms with Crippen LogP contribution in [0.25, 0.3) is 0 Å². The molecule has 0 radical (unpaired) electrons. The first kappa shape index (κ1) is 11.9. The molecule has 1 aromatic rings. The molecule has 1 aliphatic rings. The molecular weight excluding hydrogens is 216 g/mol. The van der Waals surface area contributed by atoms with Gasteiger partial charge in [0.05, 0.1) is 5.56 Å². The predicted octanol–water partition coefficient (Wildman–Crippen LogP) is 1.64. The van der Waals surface area contributed by atoms with Gasteiger partial charge in [0.15, 0.2) is 0 Å². The Bertz CT molecular complexity index is 446. The first-order valence-corrected chi connectivity index (χ1v) is 6.07. The molecule has 1 saturated heterocycles. The number of likely N-dealkylation sites (tertiary alicyclic amines) is 1. The molecule has 0 aromatic carbocycles. The summed E-state index contributed by atoms with van der Waals surface area (Å²) in [6.07, 6.45) is 3.60. The first-order valence-electron chi connectivity index (χ1n) is 6.07. The summed E-state index contributed by atoms with van der Waals surface area (Å²) in [6.45, 7) is 5.11. The molecule has 0 aliphatic carbocycles. The molecule has 2 atom stereocenters. The number of nitrogens with zero attached hydrogens (tertiary/aromatic N) is 1. The largest absolute Gasteiger partial charge is 0.336 e. The molecule has 0 spiro atoms. The van der Waals surface area contributed by atoms with Gasteiger partial charge in [-0.25, -0.2) is 0 Å². The van der Waals surface area contributed by atoms with Gasteiger partial charge < -0.3 is 9.88 Å². The zero-order valence-corrected chi connectivity index (χ0v) is 10.3. The third-order valence-corrected chi connectivity index (χ3v) is 3.43. The van der Waals surface area contributed by atoms with Gasteiger partial charge in [-0.3, -0.25) is 9.59 Å². The highest BCUT2D eigenvalue weighted by molar-refractivity contribution is 5.94. The Morgan fingerprint density at radius 1 is 1.41 bits per heavy atom. The summed E-state index contributed by atoms with van der Waals surface area (Å²) in [6, 6.07) is 3.26. The number of nitrogens with one attached hydrogen (secondary N) is 1. The Balaban J connectivity index is 2.14. The summed E-state index contributed by atoms with van der Waals surface area (Å²) in [5.74, 6) is 0.699. The van der Waals surface area contributed by atoms with Gasteiger partial charge in [-0.2, -0.15) is 0 Å². The lowest BCUT2D eigenvalue weighted by Crippen LogP contribution is -2.44. The lowest BCUT2D eigenvalue weighted by atomic mass is 9.93. The number of aromatic nitrogens is 1. The van der Waals surface area contributed by atoms with Gasteiger partial charge in [-0.15, -0.1) is 0 Å². The van der Waals surface area contributed by atoms with E-state index in [1.807, 2.05) is 4.90 Å². The quantitative estimate of drug-likeness (QED) is 0.803. The Hall–Kier alpha value is -1.58. The number of carbonyl (C=O) groups is 1. The second kappa shape index (κ2) is 4.73. The van der Waals surface area contributed by atoms with Gasteiger partial charge in [0.1, 0.15) is 0 Å². The van der Waals surface area contributed by atoms with Crippen molar-refractivity contribution in [1.29, 1.82) is 0 Å². The third kappa shape index (κ3) is 2.57. The molecular formula is C13H18N2O2. The smallest absolute Gasteiger partial charge is 0.255 e. The lowest BCUT2D eigenvalue weighted by Gasteiger charge is -2.36. The fourth-order valence-corrected chi connectivity index (χ4v) is 2.42. The predicted molar refractivity (Wildman–Crippen MR) is 66.0 cm³/mol. The van der Waals surface area contributed by atoms with Gasteiger partial charge in [0.25, 0.3) is 5.91 Å². The van der Waals surface area contributed by atoms with Crippen LogP contribution in [-0.2, 0) is 0 Å². The Kier molecular flexibility index (Phi) is 3.31. The number of amides is 1. The van der Waals surface area contributed by atoms with Crippen molar-refractivity contribution in [1.82, 2.24) is 9.88 Å². The summed E-state index contributed by atoms with van der Waals surface area (Å²) in [7, 11) is 0. The van der Waals surface area contributed by atoms with E-state index in [-0.39, 0.29) is 17.5 Å². The van der Waals surface area contributed by atoms with Gasteiger partial charge >= 0.3 is 0 Å². The van der Waals surface area contributed by atoms with Crippen molar-refractivity contribution in [2.75, 3.05) is 6.54 Å². The summed E-state index contributed by atoms with van der Waals surface area (Å²) in [5.41, 5.74) is 0.382. The number of piperidine rings is 1. The summed E-state index contributed by atoms with van der Waals surface area (Å²) >= 11 is 0. The van der Waals surface area contributed by atoms with Gasteiger partial charge in [0.2, 0.25) is 5.56 Å². The summed E-state index contributed by atoms with van der Waals surface area (Å²) in [4.78, 5) is 27.6. The van der Waals surface area contributed by atoms with E-state index in [2.05, 4.69) is 18.8 Å². The number of pyridine rings is 1. The van der Waals surface area contributed by atoms with Crippen LogP contribution in [0.2, 0.25) is 0 Å². The van der Waals surface area contributed by atoms with Crippen molar-refractivity contribution in [3.63, 3.8) is 0 Å². The molecule has 1 aliphatic heterocycles. The van der Waals surface area contributed by atoms with Gasteiger partial charge in [0, 0.05) is 24.8 Å². The zero-order chi connectivity index (χ0) is 12.4. The highest BCUT2D eigenvalue weighted by Crippen LogP contribution is 2.23. The third-order valence-electron chi connectivity index (χ3n) is 3.43. The number of hydrogen-bond acceptors (Lipinski definition) is 2. The number of rotatable bonds is 1. The monoisotopic (exact) mass is 234 g/mol. The highest BCUT2D eigenvalue weighted by Gasteiger charge is 2.27. The summed E-state index contributed by atoms with van der Waals surface area (Å²) in [5, 5.41) is 0. The van der Waals surface area contributed by atoms with Crippen molar-refractivity contribution < 1.29 is 4.79 Å². The number of hydrogen-bond donors (Lipinski definition) is 1. The Labute approximate surface area is 101 Å². The van der Waals surface area contributed by atoms with E-state index < -0.39 is 0 Å². The van der Waals surface area contributed by atoms with Crippen LogP contribution >= 0.6 is 0 Å². The van der Waals surface area contributed by atoms with E-state index in [1.54, 1.807) is 6.07 Å². The van der Waals surface area contributed by atoms with Crippen molar-refractivity contribution in [3.05, 3.63) is 34.2 Å². The van der Waals surface area contributed by atoms with Gasteiger partial charge in [-0.1, -0.05) is 6.92 Å². The minimum Gasteiger partial charge on any atom is -0.336 e. The van der Waals surface area contributed by atoms with Crippen molar-refractivity contribution in [2.45, 2.75) is 32.7 Å². The fourth-order valence-electron chi connectivity index (χ4n) is 2.42. The van der Waals surface area contributed by atoms with E-state index in [1.165, 1.54) is 12.3 Å². The molecule has 2 unspecified atom stereocenters. The van der Waals surface area contributed by atoms with E-state index >= 15 is 0 Å². The van der Waals surface area contributed by atoms with Crippen LogP contribution in [0.4, 0.5) is 0 Å². The SMILES string of the molecule is CC1CCN(C(=O)c2ccc(=O)[nH]c2)C(C)C1. The molecule has 1 amide bonds. The van der Waals surface area contributed by atoms with Crippen molar-refractivity contribution in [2.24, 2.45) is 5.92 Å². The minimum absolute atomic E-state index is 0.0145. The molecule has 4 nitrogen and oxygen atoms in total. The van der Waals surface area contributed by atoms with Gasteiger partial charge in [-0.05, 0) is 31.7 Å². The molecule has 1 aromatic heterocycles. The first-order chi connectivity index (χ1) is 8.08. The normalized spacial score (nSPS) is 24.7. The second-order valence-corrected chi connectivity index (χ2v) is 4.92. The molecule has 4 heteroatoms. The average molecular weight is 234 g/mol. The second-order valence-electron chi connectivity index (χ2n) is 4.92. The van der Waals surface area contributed by atoms with Crippen LogP contribution in [0.3, 0.4) is 0 Å². The van der Waals surface area contributed by atoms with Crippen LogP contribution in [0, 0.1) is 5.92 Å². The Morgan fingerprint density at radius 3 is 2.76 bits per heavy atom. The topological polar surface area (TPSA) is 53.2 Å². The maximum absolute atomic E-state index is 12.2. The van der Waals surface area contributed by atoms with Crippen molar-refractivity contribution >= 4 is 5.91 Å². The molecule has 92 valence electrons. The molecule has 17 heavy (non-hydrogen) atoms. The van der Waals surface area contributed by atoms with Crippen LogP contribution in [-0.4, -0.2) is 28.4 Å². The molecule has 2 heterocycles. The van der Waals surface area contributed by atoms with Crippen LogP contribution in [0.1, 0.15) is 37.0 Å². The van der Waals surface area contributed by atoms with E-state index in [4.69, 9.17) is 0 Å². The van der Waals surface area contributed by atoms with Crippen LogP contribution in [0.5, 0.6) is 0 Å². The molecule has 1 N–H and O–H groups in total. The van der Waals surface area contributed by atoms with E-state index in [0.29, 0.717) is 11.5 Å².